The van der Waals surface area contributed by atoms with Crippen molar-refractivity contribution in [3.05, 3.63) is 60.1 Å². The van der Waals surface area contributed by atoms with Gasteiger partial charge in [0.2, 0.25) is 0 Å². The molecular formula is C31H34F2N8O2. The van der Waals surface area contributed by atoms with Crippen molar-refractivity contribution in [3.8, 4) is 12.1 Å². The molecule has 3 aliphatic heterocycles. The third-order valence-electron chi connectivity index (χ3n) is 8.74. The van der Waals surface area contributed by atoms with Crippen molar-refractivity contribution in [2.45, 2.75) is 44.3 Å². The van der Waals surface area contributed by atoms with Crippen LogP contribution >= 0.6 is 0 Å². The number of benzene rings is 1. The number of nitriles is 1. The molecule has 2 aromatic heterocycles. The van der Waals surface area contributed by atoms with Crippen molar-refractivity contribution >= 4 is 28.2 Å². The molecule has 0 N–H and O–H groups in total. The second-order valence-corrected chi connectivity index (χ2v) is 11.4. The topological polar surface area (TPSA) is 102 Å². The monoisotopic (exact) mass is 588 g/mol. The number of likely N-dealkylation sites (tertiary alicyclic amines) is 1. The Kier molecular flexibility index (Phi) is 8.08. The van der Waals surface area contributed by atoms with Crippen LogP contribution in [-0.2, 0) is 17.8 Å². The van der Waals surface area contributed by atoms with Gasteiger partial charge in [-0.15, -0.1) is 0 Å². The second-order valence-electron chi connectivity index (χ2n) is 11.4. The van der Waals surface area contributed by atoms with E-state index in [1.54, 1.807) is 18.5 Å². The summed E-state index contributed by atoms with van der Waals surface area (Å²) in [4.78, 5) is 34.5. The summed E-state index contributed by atoms with van der Waals surface area (Å²) in [6, 6.07) is 6.90. The van der Waals surface area contributed by atoms with Crippen LogP contribution in [0.3, 0.4) is 0 Å². The number of nitrogens with zero attached hydrogens (tertiary/aromatic N) is 8. The van der Waals surface area contributed by atoms with Gasteiger partial charge < -0.3 is 24.3 Å². The lowest BCUT2D eigenvalue weighted by atomic mass is 10.0. The first kappa shape index (κ1) is 28.7. The van der Waals surface area contributed by atoms with E-state index in [4.69, 9.17) is 14.7 Å². The van der Waals surface area contributed by atoms with Gasteiger partial charge in [-0.25, -0.2) is 8.78 Å². The number of amides is 1. The number of carbonyl (C=O) groups excluding carboxylic acids is 1. The van der Waals surface area contributed by atoms with Crippen molar-refractivity contribution in [2.24, 2.45) is 0 Å². The number of piperazine rings is 1. The van der Waals surface area contributed by atoms with E-state index in [-0.39, 0.29) is 30.8 Å². The van der Waals surface area contributed by atoms with Gasteiger partial charge >= 0.3 is 6.01 Å². The molecule has 0 bridgehead atoms. The molecule has 5 heterocycles. The van der Waals surface area contributed by atoms with Crippen LogP contribution in [-0.4, -0.2) is 89.1 Å². The van der Waals surface area contributed by atoms with Crippen LogP contribution in [0.5, 0.6) is 6.01 Å². The van der Waals surface area contributed by atoms with Crippen molar-refractivity contribution in [1.82, 2.24) is 24.8 Å². The Balaban J connectivity index is 1.33. The van der Waals surface area contributed by atoms with Gasteiger partial charge in [-0.3, -0.25) is 9.78 Å². The first-order chi connectivity index (χ1) is 20.8. The van der Waals surface area contributed by atoms with Gasteiger partial charge in [0.15, 0.2) is 5.83 Å². The molecule has 2 atom stereocenters. The Bertz CT molecular complexity index is 1590. The lowest BCUT2D eigenvalue weighted by Crippen LogP contribution is -2.55. The van der Waals surface area contributed by atoms with Crippen molar-refractivity contribution < 1.29 is 18.3 Å². The minimum Gasteiger partial charge on any atom is -0.462 e. The zero-order valence-electron chi connectivity index (χ0n) is 24.2. The highest BCUT2D eigenvalue weighted by Gasteiger charge is 2.35. The standard InChI is InChI=1S/C31H34F2N8O2/c1-20(32)30(42)41-13-12-40(17-23(41)7-9-34)29-26-8-11-39(28-16-35-15-21-14-22(33)5-6-25(21)28)18-27(26)36-31(37-29)43-19-24-4-3-10-38(24)2/h5-6,14-16,23-24H,1,3-4,7-8,10-13,17-19H2,2H3/t23-,24-/m0/s1. The molecule has 0 unspecified atom stereocenters. The van der Waals surface area contributed by atoms with Gasteiger partial charge in [0.1, 0.15) is 18.2 Å². The molecule has 0 spiro atoms. The highest BCUT2D eigenvalue weighted by molar-refractivity contribution is 5.93. The van der Waals surface area contributed by atoms with Crippen molar-refractivity contribution in [3.63, 3.8) is 0 Å². The Morgan fingerprint density at radius 1 is 1.16 bits per heavy atom. The summed E-state index contributed by atoms with van der Waals surface area (Å²) in [6.45, 7) is 6.77. The van der Waals surface area contributed by atoms with E-state index in [2.05, 4.69) is 39.4 Å². The summed E-state index contributed by atoms with van der Waals surface area (Å²) in [5.41, 5.74) is 2.69. The highest BCUT2D eigenvalue weighted by Crippen LogP contribution is 2.35. The van der Waals surface area contributed by atoms with Gasteiger partial charge in [-0.05, 0) is 51.1 Å². The van der Waals surface area contributed by atoms with E-state index in [1.807, 2.05) is 0 Å². The molecule has 10 nitrogen and oxygen atoms in total. The SMILES string of the molecule is C=C(F)C(=O)N1CCN(c2nc(OC[C@@H]3CCCN3C)nc3c2CCN(c2cncc4cc(F)ccc24)C3)C[C@@H]1CC#N. The smallest absolute Gasteiger partial charge is 0.318 e. The van der Waals surface area contributed by atoms with Gasteiger partial charge in [-0.1, -0.05) is 6.58 Å². The van der Waals surface area contributed by atoms with Crippen LogP contribution < -0.4 is 14.5 Å². The number of hydrogen-bond acceptors (Lipinski definition) is 9. The minimum absolute atomic E-state index is 0.0582. The van der Waals surface area contributed by atoms with Crippen LogP contribution in [0.25, 0.3) is 10.8 Å². The van der Waals surface area contributed by atoms with Crippen LogP contribution in [0.1, 0.15) is 30.5 Å². The minimum atomic E-state index is -1.03. The number of hydrogen-bond donors (Lipinski definition) is 0. The van der Waals surface area contributed by atoms with Crippen LogP contribution in [0.4, 0.5) is 20.3 Å². The van der Waals surface area contributed by atoms with E-state index < -0.39 is 17.8 Å². The molecule has 43 heavy (non-hydrogen) atoms. The first-order valence-electron chi connectivity index (χ1n) is 14.6. The maximum absolute atomic E-state index is 13.9. The summed E-state index contributed by atoms with van der Waals surface area (Å²) < 4.78 is 33.9. The molecule has 224 valence electrons. The van der Waals surface area contributed by atoms with Crippen LogP contribution in [0.2, 0.25) is 0 Å². The summed E-state index contributed by atoms with van der Waals surface area (Å²) in [6.07, 6.45) is 6.31. The van der Waals surface area contributed by atoms with E-state index in [9.17, 15) is 18.8 Å². The molecule has 0 radical (unpaired) electrons. The molecule has 0 aliphatic carbocycles. The maximum Gasteiger partial charge on any atom is 0.318 e. The Morgan fingerprint density at radius 3 is 2.79 bits per heavy atom. The highest BCUT2D eigenvalue weighted by atomic mass is 19.1. The average molecular weight is 589 g/mol. The zero-order valence-corrected chi connectivity index (χ0v) is 24.2. The molecule has 1 aromatic carbocycles. The van der Waals surface area contributed by atoms with Gasteiger partial charge in [0.25, 0.3) is 5.91 Å². The third kappa shape index (κ3) is 5.82. The predicted octanol–water partition coefficient (Wildman–Crippen LogP) is 3.61. The van der Waals surface area contributed by atoms with E-state index in [0.29, 0.717) is 45.0 Å². The number of pyridine rings is 1. The van der Waals surface area contributed by atoms with Gasteiger partial charge in [0.05, 0.1) is 42.7 Å². The predicted molar refractivity (Wildman–Crippen MR) is 158 cm³/mol. The van der Waals surface area contributed by atoms with Crippen LogP contribution in [0.15, 0.2) is 43.0 Å². The number of rotatable bonds is 7. The lowest BCUT2D eigenvalue weighted by molar-refractivity contribution is -0.131. The molecule has 12 heteroatoms. The number of ether oxygens (including phenoxy) is 1. The zero-order chi connectivity index (χ0) is 30.1. The lowest BCUT2D eigenvalue weighted by Gasteiger charge is -2.42. The van der Waals surface area contributed by atoms with E-state index in [1.165, 1.54) is 17.0 Å². The second kappa shape index (κ2) is 12.1. The fraction of sp³-hybridized carbons (Fsp3) is 0.452. The summed E-state index contributed by atoms with van der Waals surface area (Å²) in [5, 5.41) is 11.1. The van der Waals surface area contributed by atoms with Gasteiger partial charge in [0, 0.05) is 54.8 Å². The third-order valence-corrected chi connectivity index (χ3v) is 8.74. The quantitative estimate of drug-likeness (QED) is 0.383. The number of likely N-dealkylation sites (N-methyl/N-ethyl adjacent to an activating group) is 1. The Hall–Kier alpha value is -4.37. The van der Waals surface area contributed by atoms with Crippen LogP contribution in [0, 0.1) is 17.1 Å². The fourth-order valence-electron chi connectivity index (χ4n) is 6.42. The molecule has 2 saturated heterocycles. The van der Waals surface area contributed by atoms with E-state index >= 15 is 0 Å². The number of carbonyl (C=O) groups is 1. The Morgan fingerprint density at radius 2 is 2.02 bits per heavy atom. The summed E-state index contributed by atoms with van der Waals surface area (Å²) in [7, 11) is 2.09. The summed E-state index contributed by atoms with van der Waals surface area (Å²) in [5.74, 6) is -1.41. The molecular weight excluding hydrogens is 554 g/mol. The number of anilines is 2. The normalized spacial score (nSPS) is 20.7. The van der Waals surface area contributed by atoms with Crippen molar-refractivity contribution in [2.75, 3.05) is 56.2 Å². The number of aromatic nitrogens is 3. The largest absolute Gasteiger partial charge is 0.462 e. The molecule has 6 rings (SSSR count). The first-order valence-corrected chi connectivity index (χ1v) is 14.6. The fourth-order valence-corrected chi connectivity index (χ4v) is 6.42. The average Bonchev–Trinajstić information content (AvgIpc) is 3.42. The molecule has 3 aliphatic rings. The molecule has 1 amide bonds. The molecule has 3 aromatic rings. The molecule has 0 saturated carbocycles. The number of fused-ring (bicyclic) bond motifs is 2. The van der Waals surface area contributed by atoms with Crippen molar-refractivity contribution in [1.29, 1.82) is 5.26 Å². The summed E-state index contributed by atoms with van der Waals surface area (Å²) >= 11 is 0. The van der Waals surface area contributed by atoms with E-state index in [0.717, 1.165) is 47.1 Å². The Labute approximate surface area is 249 Å². The maximum atomic E-state index is 13.9. The van der Waals surface area contributed by atoms with Gasteiger partial charge in [-0.2, -0.15) is 15.2 Å². The molecule has 2 fully saturated rings. The number of halogens is 2.